The Balaban J connectivity index is 2.04. The molecule has 96 valence electrons. The molecule has 0 spiro atoms. The minimum absolute atomic E-state index is 0.733. The van der Waals surface area contributed by atoms with Gasteiger partial charge in [-0.2, -0.15) is 0 Å². The smallest absolute Gasteiger partial charge is 0.00643 e. The standard InChI is InChI=1S/C16H27N/c1-3-10-16(4-2)17-14-9-8-13-15-11-6-5-7-12-15/h5-7,11-12,16-17H,3-4,8-10,13-14H2,1-2H3. The summed E-state index contributed by atoms with van der Waals surface area (Å²) in [4.78, 5) is 0. The highest BCUT2D eigenvalue weighted by Gasteiger charge is 2.02. The van der Waals surface area contributed by atoms with E-state index in [1.807, 2.05) is 0 Å². The molecule has 1 unspecified atom stereocenters. The Kier molecular flexibility index (Phi) is 7.74. The van der Waals surface area contributed by atoms with Crippen molar-refractivity contribution in [1.29, 1.82) is 0 Å². The van der Waals surface area contributed by atoms with Crippen LogP contribution in [0.25, 0.3) is 0 Å². The molecule has 1 aromatic rings. The summed E-state index contributed by atoms with van der Waals surface area (Å²) in [5, 5.41) is 3.66. The van der Waals surface area contributed by atoms with E-state index < -0.39 is 0 Å². The van der Waals surface area contributed by atoms with Gasteiger partial charge in [-0.05, 0) is 44.2 Å². The number of benzene rings is 1. The van der Waals surface area contributed by atoms with E-state index in [-0.39, 0.29) is 0 Å². The molecule has 0 saturated heterocycles. The van der Waals surface area contributed by atoms with Crippen LogP contribution in [0.2, 0.25) is 0 Å². The van der Waals surface area contributed by atoms with Crippen molar-refractivity contribution < 1.29 is 0 Å². The Labute approximate surface area is 107 Å². The van der Waals surface area contributed by atoms with Crippen LogP contribution < -0.4 is 5.32 Å². The molecule has 1 nitrogen and oxygen atoms in total. The second-order valence-corrected chi connectivity index (χ2v) is 4.79. The second-order valence-electron chi connectivity index (χ2n) is 4.79. The molecule has 1 atom stereocenters. The molecule has 0 radical (unpaired) electrons. The van der Waals surface area contributed by atoms with Gasteiger partial charge in [-0.25, -0.2) is 0 Å². The van der Waals surface area contributed by atoms with Crippen LogP contribution in [-0.4, -0.2) is 12.6 Å². The van der Waals surface area contributed by atoms with E-state index in [1.165, 1.54) is 50.6 Å². The summed E-state index contributed by atoms with van der Waals surface area (Å²) in [6, 6.07) is 11.5. The van der Waals surface area contributed by atoms with E-state index in [4.69, 9.17) is 0 Å². The topological polar surface area (TPSA) is 12.0 Å². The molecular weight excluding hydrogens is 206 g/mol. The maximum Gasteiger partial charge on any atom is 0.00643 e. The first kappa shape index (κ1) is 14.2. The fourth-order valence-corrected chi connectivity index (χ4v) is 2.20. The van der Waals surface area contributed by atoms with Gasteiger partial charge in [0.25, 0.3) is 0 Å². The van der Waals surface area contributed by atoms with Gasteiger partial charge in [0.15, 0.2) is 0 Å². The van der Waals surface area contributed by atoms with Gasteiger partial charge in [0, 0.05) is 6.04 Å². The summed E-state index contributed by atoms with van der Waals surface area (Å²) in [7, 11) is 0. The summed E-state index contributed by atoms with van der Waals surface area (Å²) < 4.78 is 0. The van der Waals surface area contributed by atoms with E-state index in [1.54, 1.807) is 0 Å². The van der Waals surface area contributed by atoms with Crippen molar-refractivity contribution in [3.05, 3.63) is 35.9 Å². The van der Waals surface area contributed by atoms with Gasteiger partial charge in [-0.15, -0.1) is 0 Å². The van der Waals surface area contributed by atoms with Crippen LogP contribution >= 0.6 is 0 Å². The van der Waals surface area contributed by atoms with Crippen molar-refractivity contribution in [3.63, 3.8) is 0 Å². The van der Waals surface area contributed by atoms with Gasteiger partial charge in [-0.1, -0.05) is 50.6 Å². The predicted molar refractivity (Wildman–Crippen MR) is 76.4 cm³/mol. The molecule has 0 amide bonds. The highest BCUT2D eigenvalue weighted by Crippen LogP contribution is 2.05. The summed E-state index contributed by atoms with van der Waals surface area (Å²) in [6.07, 6.45) is 7.65. The molecule has 0 aromatic heterocycles. The highest BCUT2D eigenvalue weighted by molar-refractivity contribution is 5.14. The Morgan fingerprint density at radius 2 is 1.82 bits per heavy atom. The number of aryl methyl sites for hydroxylation is 1. The van der Waals surface area contributed by atoms with Gasteiger partial charge in [0.05, 0.1) is 0 Å². The van der Waals surface area contributed by atoms with Crippen LogP contribution in [-0.2, 0) is 6.42 Å². The number of hydrogen-bond donors (Lipinski definition) is 1. The molecule has 1 heteroatoms. The molecular formula is C16H27N. The van der Waals surface area contributed by atoms with Gasteiger partial charge < -0.3 is 5.32 Å². The van der Waals surface area contributed by atoms with Crippen molar-refractivity contribution in [1.82, 2.24) is 5.32 Å². The number of hydrogen-bond acceptors (Lipinski definition) is 1. The fraction of sp³-hybridized carbons (Fsp3) is 0.625. The monoisotopic (exact) mass is 233 g/mol. The first-order valence-corrected chi connectivity index (χ1v) is 7.14. The van der Waals surface area contributed by atoms with Gasteiger partial charge in [0.1, 0.15) is 0 Å². The summed E-state index contributed by atoms with van der Waals surface area (Å²) in [5.74, 6) is 0. The first-order chi connectivity index (χ1) is 8.36. The lowest BCUT2D eigenvalue weighted by Crippen LogP contribution is -2.29. The molecule has 1 rings (SSSR count). The summed E-state index contributed by atoms with van der Waals surface area (Å²) >= 11 is 0. The van der Waals surface area contributed by atoms with Gasteiger partial charge in [0.2, 0.25) is 0 Å². The minimum atomic E-state index is 0.733. The molecule has 17 heavy (non-hydrogen) atoms. The molecule has 0 bridgehead atoms. The maximum atomic E-state index is 3.66. The molecule has 0 saturated carbocycles. The molecule has 1 N–H and O–H groups in total. The van der Waals surface area contributed by atoms with Crippen molar-refractivity contribution >= 4 is 0 Å². The summed E-state index contributed by atoms with van der Waals surface area (Å²) in [5.41, 5.74) is 1.47. The maximum absolute atomic E-state index is 3.66. The Hall–Kier alpha value is -0.820. The Morgan fingerprint density at radius 3 is 2.47 bits per heavy atom. The highest BCUT2D eigenvalue weighted by atomic mass is 14.9. The van der Waals surface area contributed by atoms with Crippen LogP contribution in [0.15, 0.2) is 30.3 Å². The minimum Gasteiger partial charge on any atom is -0.314 e. The van der Waals surface area contributed by atoms with Gasteiger partial charge in [-0.3, -0.25) is 0 Å². The van der Waals surface area contributed by atoms with Crippen LogP contribution in [0, 0.1) is 0 Å². The molecule has 0 aliphatic rings. The van der Waals surface area contributed by atoms with Crippen molar-refractivity contribution in [2.75, 3.05) is 6.54 Å². The van der Waals surface area contributed by atoms with Crippen LogP contribution in [0.4, 0.5) is 0 Å². The average Bonchev–Trinajstić information content (AvgIpc) is 2.38. The molecule has 1 aromatic carbocycles. The third kappa shape index (κ3) is 6.48. The normalized spacial score (nSPS) is 12.6. The van der Waals surface area contributed by atoms with E-state index in [2.05, 4.69) is 49.5 Å². The number of nitrogens with one attached hydrogen (secondary N) is 1. The molecule has 0 heterocycles. The average molecular weight is 233 g/mol. The quantitative estimate of drug-likeness (QED) is 0.631. The van der Waals surface area contributed by atoms with E-state index in [0.29, 0.717) is 0 Å². The lowest BCUT2D eigenvalue weighted by Gasteiger charge is -2.15. The van der Waals surface area contributed by atoms with Crippen LogP contribution in [0.3, 0.4) is 0 Å². The number of unbranched alkanes of at least 4 members (excludes halogenated alkanes) is 1. The zero-order valence-corrected chi connectivity index (χ0v) is 11.4. The largest absolute Gasteiger partial charge is 0.314 e. The van der Waals surface area contributed by atoms with E-state index >= 15 is 0 Å². The lowest BCUT2D eigenvalue weighted by atomic mass is 10.1. The van der Waals surface area contributed by atoms with Crippen LogP contribution in [0.1, 0.15) is 51.5 Å². The molecule has 0 fully saturated rings. The van der Waals surface area contributed by atoms with Crippen molar-refractivity contribution in [2.45, 2.75) is 58.4 Å². The zero-order valence-electron chi connectivity index (χ0n) is 11.4. The third-order valence-electron chi connectivity index (χ3n) is 3.30. The molecule has 0 aliphatic carbocycles. The van der Waals surface area contributed by atoms with Crippen molar-refractivity contribution in [2.24, 2.45) is 0 Å². The Bertz CT molecular complexity index is 268. The zero-order chi connectivity index (χ0) is 12.3. The second kappa shape index (κ2) is 9.23. The first-order valence-electron chi connectivity index (χ1n) is 7.14. The van der Waals surface area contributed by atoms with E-state index in [9.17, 15) is 0 Å². The van der Waals surface area contributed by atoms with Crippen molar-refractivity contribution in [3.8, 4) is 0 Å². The third-order valence-corrected chi connectivity index (χ3v) is 3.30. The number of rotatable bonds is 9. The van der Waals surface area contributed by atoms with E-state index in [0.717, 1.165) is 6.04 Å². The van der Waals surface area contributed by atoms with Crippen LogP contribution in [0.5, 0.6) is 0 Å². The Morgan fingerprint density at radius 1 is 1.06 bits per heavy atom. The fourth-order valence-electron chi connectivity index (χ4n) is 2.20. The summed E-state index contributed by atoms with van der Waals surface area (Å²) in [6.45, 7) is 5.71. The SMILES string of the molecule is CCCC(CC)NCCCCc1ccccc1. The lowest BCUT2D eigenvalue weighted by molar-refractivity contribution is 0.455. The predicted octanol–water partition coefficient (Wildman–Crippen LogP) is 4.18. The van der Waals surface area contributed by atoms with Gasteiger partial charge >= 0.3 is 0 Å². The molecule has 0 aliphatic heterocycles.